The molecule has 2 rings (SSSR count). The molecule has 0 radical (unpaired) electrons. The Morgan fingerprint density at radius 2 is 1.52 bits per heavy atom. The zero-order valence-electron chi connectivity index (χ0n) is 13.4. The first-order valence-corrected chi connectivity index (χ1v) is 7.24. The minimum absolute atomic E-state index is 0.0896. The number of benzene rings is 2. The van der Waals surface area contributed by atoms with E-state index < -0.39 is 10.8 Å². The highest BCUT2D eigenvalue weighted by molar-refractivity contribution is 5.94. The fourth-order valence-electron chi connectivity index (χ4n) is 1.97. The molecule has 0 heterocycles. The molecule has 8 nitrogen and oxygen atoms in total. The lowest BCUT2D eigenvalue weighted by atomic mass is 10.1. The lowest BCUT2D eigenvalue weighted by Gasteiger charge is -2.12. The van der Waals surface area contributed by atoms with Crippen molar-refractivity contribution in [1.29, 1.82) is 0 Å². The molecule has 0 bridgehead atoms. The molecular formula is C17H16N4O4. The van der Waals surface area contributed by atoms with E-state index in [1.807, 2.05) is 0 Å². The summed E-state index contributed by atoms with van der Waals surface area (Å²) in [4.78, 5) is 33.0. The first kappa shape index (κ1) is 17.7. The van der Waals surface area contributed by atoms with E-state index in [0.717, 1.165) is 5.56 Å². The molecule has 0 saturated carbocycles. The number of anilines is 1. The average molecular weight is 340 g/mol. The third kappa shape index (κ3) is 4.90. The number of rotatable bonds is 6. The van der Waals surface area contributed by atoms with E-state index in [4.69, 9.17) is 0 Å². The van der Waals surface area contributed by atoms with Gasteiger partial charge in [0, 0.05) is 30.3 Å². The van der Waals surface area contributed by atoms with Gasteiger partial charge in [-0.2, -0.15) is 0 Å². The Bertz CT molecular complexity index is 814. The molecule has 128 valence electrons. The lowest BCUT2D eigenvalue weighted by molar-refractivity contribution is -0.384. The fraction of sp³-hybridized carbons (Fsp3) is 0.0588. The quantitative estimate of drug-likeness (QED) is 0.552. The number of nitro benzene ring substituents is 1. The van der Waals surface area contributed by atoms with Gasteiger partial charge in [0.1, 0.15) is 0 Å². The summed E-state index contributed by atoms with van der Waals surface area (Å²) >= 11 is 0. The summed E-state index contributed by atoms with van der Waals surface area (Å²) in [6, 6.07) is 12.1. The second-order valence-electron chi connectivity index (χ2n) is 5.12. The van der Waals surface area contributed by atoms with Crippen LogP contribution in [0, 0.1) is 10.1 Å². The summed E-state index contributed by atoms with van der Waals surface area (Å²) in [6.07, 6.45) is 0. The average Bonchev–Trinajstić information content (AvgIpc) is 2.59. The van der Waals surface area contributed by atoms with Gasteiger partial charge in [-0.1, -0.05) is 18.7 Å². The summed E-state index contributed by atoms with van der Waals surface area (Å²) in [5.41, 5.74) is 7.15. The van der Waals surface area contributed by atoms with E-state index in [9.17, 15) is 19.7 Å². The number of non-ortho nitro benzene ring substituents is 1. The Morgan fingerprint density at radius 1 is 0.960 bits per heavy atom. The Morgan fingerprint density at radius 3 is 2.04 bits per heavy atom. The van der Waals surface area contributed by atoms with Crippen molar-refractivity contribution in [3.63, 3.8) is 0 Å². The molecule has 0 aliphatic heterocycles. The highest BCUT2D eigenvalue weighted by Crippen LogP contribution is 2.14. The minimum atomic E-state index is -0.535. The largest absolute Gasteiger partial charge is 0.326 e. The summed E-state index contributed by atoms with van der Waals surface area (Å²) in [7, 11) is 0. The van der Waals surface area contributed by atoms with Crippen LogP contribution in [-0.2, 0) is 4.79 Å². The van der Waals surface area contributed by atoms with Crippen LogP contribution >= 0.6 is 0 Å². The number of nitro groups is 1. The van der Waals surface area contributed by atoms with Crippen LogP contribution in [0.25, 0.3) is 5.70 Å². The van der Waals surface area contributed by atoms with E-state index in [1.54, 1.807) is 24.3 Å². The van der Waals surface area contributed by atoms with Gasteiger partial charge in [0.15, 0.2) is 0 Å². The predicted molar refractivity (Wildman–Crippen MR) is 93.5 cm³/mol. The summed E-state index contributed by atoms with van der Waals surface area (Å²) in [5, 5.41) is 13.2. The Labute approximate surface area is 143 Å². The predicted octanol–water partition coefficient (Wildman–Crippen LogP) is 2.46. The number of nitrogens with zero attached hydrogens (tertiary/aromatic N) is 1. The third-order valence-electron chi connectivity index (χ3n) is 3.22. The molecule has 0 aliphatic rings. The number of nitrogens with one attached hydrogen (secondary N) is 3. The van der Waals surface area contributed by atoms with Crippen LogP contribution in [0.5, 0.6) is 0 Å². The van der Waals surface area contributed by atoms with Crippen LogP contribution in [0.1, 0.15) is 22.8 Å². The van der Waals surface area contributed by atoms with E-state index in [0.29, 0.717) is 11.4 Å². The standard InChI is InChI=1S/C17H16N4O4/c1-11(13-3-7-15(8-4-13)18-12(2)22)19-20-17(23)14-5-9-16(10-6-14)21(24)25/h3-10,19H,1H2,2H3,(H,18,22)(H,20,23). The minimum Gasteiger partial charge on any atom is -0.326 e. The van der Waals surface area contributed by atoms with Gasteiger partial charge in [0.2, 0.25) is 5.91 Å². The van der Waals surface area contributed by atoms with Gasteiger partial charge in [0.05, 0.1) is 10.6 Å². The van der Waals surface area contributed by atoms with Gasteiger partial charge in [-0.25, -0.2) is 0 Å². The van der Waals surface area contributed by atoms with Crippen molar-refractivity contribution in [3.05, 3.63) is 76.4 Å². The number of carbonyl (C=O) groups excluding carboxylic acids is 2. The van der Waals surface area contributed by atoms with Crippen LogP contribution < -0.4 is 16.2 Å². The summed E-state index contributed by atoms with van der Waals surface area (Å²) < 4.78 is 0. The van der Waals surface area contributed by atoms with Crippen molar-refractivity contribution in [2.75, 3.05) is 5.32 Å². The maximum absolute atomic E-state index is 12.0. The number of hydrogen-bond acceptors (Lipinski definition) is 5. The summed E-state index contributed by atoms with van der Waals surface area (Å²) in [6.45, 7) is 5.23. The van der Waals surface area contributed by atoms with Gasteiger partial charge in [-0.15, -0.1) is 0 Å². The molecule has 0 aromatic heterocycles. The molecule has 25 heavy (non-hydrogen) atoms. The zero-order valence-corrected chi connectivity index (χ0v) is 13.4. The van der Waals surface area contributed by atoms with Crippen molar-refractivity contribution >= 4 is 28.9 Å². The molecule has 0 unspecified atom stereocenters. The first-order valence-electron chi connectivity index (χ1n) is 7.24. The lowest BCUT2D eigenvalue weighted by Crippen LogP contribution is -2.35. The van der Waals surface area contributed by atoms with Gasteiger partial charge in [0.25, 0.3) is 11.6 Å². The van der Waals surface area contributed by atoms with Crippen molar-refractivity contribution in [3.8, 4) is 0 Å². The van der Waals surface area contributed by atoms with E-state index in [2.05, 4.69) is 22.7 Å². The first-order chi connectivity index (χ1) is 11.9. The molecule has 2 aromatic carbocycles. The molecule has 8 heteroatoms. The summed E-state index contributed by atoms with van der Waals surface area (Å²) in [5.74, 6) is -0.619. The normalized spacial score (nSPS) is 9.80. The highest BCUT2D eigenvalue weighted by atomic mass is 16.6. The van der Waals surface area contributed by atoms with Gasteiger partial charge >= 0.3 is 0 Å². The molecular weight excluding hydrogens is 324 g/mol. The highest BCUT2D eigenvalue weighted by Gasteiger charge is 2.09. The number of hydrazine groups is 1. The monoisotopic (exact) mass is 340 g/mol. The molecule has 0 saturated heterocycles. The van der Waals surface area contributed by atoms with Crippen molar-refractivity contribution in [2.45, 2.75) is 6.92 Å². The van der Waals surface area contributed by atoms with Crippen molar-refractivity contribution in [1.82, 2.24) is 10.9 Å². The fourth-order valence-corrected chi connectivity index (χ4v) is 1.97. The van der Waals surface area contributed by atoms with E-state index >= 15 is 0 Å². The number of amides is 2. The molecule has 2 aromatic rings. The molecule has 0 atom stereocenters. The second-order valence-corrected chi connectivity index (χ2v) is 5.12. The maximum Gasteiger partial charge on any atom is 0.269 e. The second kappa shape index (κ2) is 7.73. The number of hydrogen-bond donors (Lipinski definition) is 3. The zero-order chi connectivity index (χ0) is 18.4. The Balaban J connectivity index is 1.93. The third-order valence-corrected chi connectivity index (χ3v) is 3.22. The van der Waals surface area contributed by atoms with Crippen LogP contribution in [-0.4, -0.2) is 16.7 Å². The maximum atomic E-state index is 12.0. The van der Waals surface area contributed by atoms with Gasteiger partial charge < -0.3 is 5.32 Å². The Hall–Kier alpha value is -3.68. The Kier molecular flexibility index (Phi) is 5.47. The molecule has 0 spiro atoms. The van der Waals surface area contributed by atoms with Crippen LogP contribution in [0.3, 0.4) is 0 Å². The van der Waals surface area contributed by atoms with Crippen LogP contribution in [0.4, 0.5) is 11.4 Å². The molecule has 0 fully saturated rings. The van der Waals surface area contributed by atoms with E-state index in [-0.39, 0.29) is 17.2 Å². The van der Waals surface area contributed by atoms with Crippen molar-refractivity contribution < 1.29 is 14.5 Å². The van der Waals surface area contributed by atoms with Gasteiger partial charge in [-0.3, -0.25) is 30.6 Å². The van der Waals surface area contributed by atoms with Crippen LogP contribution in [0.15, 0.2) is 55.1 Å². The SMILES string of the molecule is C=C(NNC(=O)c1ccc([N+](=O)[O-])cc1)c1ccc(NC(C)=O)cc1. The smallest absolute Gasteiger partial charge is 0.269 e. The number of carbonyl (C=O) groups is 2. The van der Waals surface area contributed by atoms with Gasteiger partial charge in [-0.05, 0) is 29.8 Å². The molecule has 3 N–H and O–H groups in total. The van der Waals surface area contributed by atoms with E-state index in [1.165, 1.54) is 31.2 Å². The molecule has 0 aliphatic carbocycles. The van der Waals surface area contributed by atoms with Crippen LogP contribution in [0.2, 0.25) is 0 Å². The molecule has 2 amide bonds. The van der Waals surface area contributed by atoms with Crippen molar-refractivity contribution in [2.24, 2.45) is 0 Å². The topological polar surface area (TPSA) is 113 Å².